The van der Waals surface area contributed by atoms with E-state index in [1.54, 1.807) is 12.1 Å². The fourth-order valence-electron chi connectivity index (χ4n) is 1.37. The molecule has 0 spiro atoms. The Morgan fingerprint density at radius 3 is 2.44 bits per heavy atom. The minimum absolute atomic E-state index is 0.228. The Hall–Kier alpha value is -2.24. The van der Waals surface area contributed by atoms with Gasteiger partial charge in [0.2, 0.25) is 0 Å². The van der Waals surface area contributed by atoms with Crippen molar-refractivity contribution >= 4 is 23.3 Å². The van der Waals surface area contributed by atoms with Crippen molar-refractivity contribution in [2.45, 2.75) is 13.0 Å². The lowest BCUT2D eigenvalue weighted by Gasteiger charge is -2.16. The Kier molecular flexibility index (Phi) is 4.14. The lowest BCUT2D eigenvalue weighted by molar-refractivity contribution is -0.146. The van der Waals surface area contributed by atoms with Gasteiger partial charge >= 0.3 is 11.9 Å². The summed E-state index contributed by atoms with van der Waals surface area (Å²) in [7, 11) is 3.66. The van der Waals surface area contributed by atoms with Gasteiger partial charge in [-0.3, -0.25) is 0 Å². The Morgan fingerprint density at radius 1 is 1.39 bits per heavy atom. The molecule has 6 nitrogen and oxygen atoms in total. The molecule has 0 heterocycles. The number of aliphatic carboxylic acids is 1. The van der Waals surface area contributed by atoms with Crippen LogP contribution < -0.4 is 10.6 Å². The fraction of sp³-hybridized carbons (Fsp3) is 0.333. The number of carbonyl (C=O) groups is 2. The number of carbonyl (C=O) groups excluding carboxylic acids is 1. The summed E-state index contributed by atoms with van der Waals surface area (Å²) >= 11 is 0. The van der Waals surface area contributed by atoms with E-state index in [1.807, 2.05) is 19.0 Å². The van der Waals surface area contributed by atoms with Gasteiger partial charge in [-0.05, 0) is 25.1 Å². The number of nitrogen functional groups attached to an aromatic ring is 1. The van der Waals surface area contributed by atoms with Crippen LogP contribution in [0.25, 0.3) is 0 Å². The van der Waals surface area contributed by atoms with Crippen LogP contribution in [0, 0.1) is 0 Å². The number of rotatable bonds is 4. The van der Waals surface area contributed by atoms with Crippen LogP contribution in [0.3, 0.4) is 0 Å². The second kappa shape index (κ2) is 5.39. The van der Waals surface area contributed by atoms with Crippen LogP contribution in [0.1, 0.15) is 17.3 Å². The molecule has 6 heteroatoms. The van der Waals surface area contributed by atoms with Crippen molar-refractivity contribution in [3.8, 4) is 0 Å². The Balaban J connectivity index is 2.88. The van der Waals surface area contributed by atoms with Gasteiger partial charge in [-0.2, -0.15) is 0 Å². The number of carboxylic acid groups (broad SMARTS) is 1. The summed E-state index contributed by atoms with van der Waals surface area (Å²) in [6.45, 7) is 1.29. The highest BCUT2D eigenvalue weighted by Crippen LogP contribution is 2.22. The summed E-state index contributed by atoms with van der Waals surface area (Å²) < 4.78 is 4.75. The van der Waals surface area contributed by atoms with E-state index in [4.69, 9.17) is 15.6 Å². The topological polar surface area (TPSA) is 92.9 Å². The minimum Gasteiger partial charge on any atom is -0.479 e. The number of nitrogens with zero attached hydrogens (tertiary/aromatic N) is 1. The molecule has 0 amide bonds. The Bertz CT molecular complexity index is 471. The zero-order chi connectivity index (χ0) is 13.9. The molecule has 0 fully saturated rings. The van der Waals surface area contributed by atoms with Crippen LogP contribution >= 0.6 is 0 Å². The molecule has 0 bridgehead atoms. The van der Waals surface area contributed by atoms with Crippen molar-refractivity contribution in [2.24, 2.45) is 0 Å². The summed E-state index contributed by atoms with van der Waals surface area (Å²) in [4.78, 5) is 24.0. The highest BCUT2D eigenvalue weighted by Gasteiger charge is 2.18. The van der Waals surface area contributed by atoms with Gasteiger partial charge in [-0.1, -0.05) is 0 Å². The van der Waals surface area contributed by atoms with Crippen LogP contribution in [-0.2, 0) is 9.53 Å². The van der Waals surface area contributed by atoms with Gasteiger partial charge in [-0.15, -0.1) is 0 Å². The molecule has 3 N–H and O–H groups in total. The monoisotopic (exact) mass is 252 g/mol. The van der Waals surface area contributed by atoms with E-state index in [2.05, 4.69) is 0 Å². The van der Waals surface area contributed by atoms with Crippen molar-refractivity contribution in [1.82, 2.24) is 0 Å². The molecule has 0 radical (unpaired) electrons. The van der Waals surface area contributed by atoms with E-state index in [0.717, 1.165) is 5.69 Å². The molecule has 1 aromatic carbocycles. The summed E-state index contributed by atoms with van der Waals surface area (Å²) in [6, 6.07) is 4.69. The molecule has 1 aromatic rings. The summed E-state index contributed by atoms with van der Waals surface area (Å²) in [5, 5.41) is 8.64. The van der Waals surface area contributed by atoms with E-state index in [-0.39, 0.29) is 5.56 Å². The zero-order valence-electron chi connectivity index (χ0n) is 10.5. The Labute approximate surface area is 105 Å². The van der Waals surface area contributed by atoms with Crippen molar-refractivity contribution in [3.05, 3.63) is 23.8 Å². The Morgan fingerprint density at radius 2 is 2.00 bits per heavy atom. The molecule has 1 atom stereocenters. The number of hydrogen-bond donors (Lipinski definition) is 2. The minimum atomic E-state index is -1.19. The molecule has 0 aliphatic carbocycles. The first kappa shape index (κ1) is 13.8. The number of nitrogens with two attached hydrogens (primary N) is 1. The van der Waals surface area contributed by atoms with Crippen LogP contribution in [0.15, 0.2) is 18.2 Å². The van der Waals surface area contributed by atoms with E-state index < -0.39 is 18.0 Å². The van der Waals surface area contributed by atoms with Gasteiger partial charge in [0.1, 0.15) is 0 Å². The molecule has 1 unspecified atom stereocenters. The quantitative estimate of drug-likeness (QED) is 0.612. The smallest absolute Gasteiger partial charge is 0.344 e. The molecule has 0 saturated carbocycles. The molecule has 98 valence electrons. The van der Waals surface area contributed by atoms with E-state index in [0.29, 0.717) is 5.69 Å². The van der Waals surface area contributed by atoms with E-state index in [9.17, 15) is 9.59 Å². The first-order valence-electron chi connectivity index (χ1n) is 5.33. The molecule has 18 heavy (non-hydrogen) atoms. The first-order valence-corrected chi connectivity index (χ1v) is 5.33. The molecular formula is C12H16N2O4. The second-order valence-electron chi connectivity index (χ2n) is 4.05. The maximum Gasteiger partial charge on any atom is 0.344 e. The third-order valence-electron chi connectivity index (χ3n) is 2.38. The standard InChI is InChI=1S/C12H16N2O4/c1-7(11(15)16)18-12(17)8-4-5-10(14(2)3)9(13)6-8/h4-7H,13H2,1-3H3,(H,15,16). The van der Waals surface area contributed by atoms with Crippen LogP contribution in [-0.4, -0.2) is 37.2 Å². The highest BCUT2D eigenvalue weighted by molar-refractivity contribution is 5.93. The normalized spacial score (nSPS) is 11.7. The predicted octanol–water partition coefficient (Wildman–Crippen LogP) is 0.965. The molecule has 0 aromatic heterocycles. The maximum absolute atomic E-state index is 11.6. The first-order chi connectivity index (χ1) is 8.32. The van der Waals surface area contributed by atoms with Crippen LogP contribution in [0.5, 0.6) is 0 Å². The number of ether oxygens (including phenoxy) is 1. The van der Waals surface area contributed by atoms with Crippen molar-refractivity contribution in [2.75, 3.05) is 24.7 Å². The highest BCUT2D eigenvalue weighted by atomic mass is 16.6. The fourth-order valence-corrected chi connectivity index (χ4v) is 1.37. The lowest BCUT2D eigenvalue weighted by atomic mass is 10.1. The molecule has 0 saturated heterocycles. The molecule has 0 aliphatic rings. The average molecular weight is 252 g/mol. The third kappa shape index (κ3) is 3.13. The van der Waals surface area contributed by atoms with Gasteiger partial charge in [0.15, 0.2) is 6.10 Å². The maximum atomic E-state index is 11.6. The second-order valence-corrected chi connectivity index (χ2v) is 4.05. The third-order valence-corrected chi connectivity index (χ3v) is 2.38. The predicted molar refractivity (Wildman–Crippen MR) is 67.7 cm³/mol. The number of anilines is 2. The SMILES string of the molecule is CC(OC(=O)c1ccc(N(C)C)c(N)c1)C(=O)O. The number of carboxylic acids is 1. The zero-order valence-corrected chi connectivity index (χ0v) is 10.5. The van der Waals surface area contributed by atoms with E-state index >= 15 is 0 Å². The number of benzene rings is 1. The summed E-state index contributed by atoms with van der Waals surface area (Å²) in [5.41, 5.74) is 7.22. The van der Waals surface area contributed by atoms with Gasteiger partial charge in [0.25, 0.3) is 0 Å². The van der Waals surface area contributed by atoms with Crippen LogP contribution in [0.2, 0.25) is 0 Å². The summed E-state index contributed by atoms with van der Waals surface area (Å²) in [5.74, 6) is -1.90. The van der Waals surface area contributed by atoms with Gasteiger partial charge in [0, 0.05) is 14.1 Å². The average Bonchev–Trinajstić information content (AvgIpc) is 2.27. The number of esters is 1. The number of hydrogen-bond acceptors (Lipinski definition) is 5. The summed E-state index contributed by atoms with van der Waals surface area (Å²) in [6.07, 6.45) is -1.19. The van der Waals surface area contributed by atoms with Crippen molar-refractivity contribution < 1.29 is 19.4 Å². The molecule has 0 aliphatic heterocycles. The molecule has 1 rings (SSSR count). The molecular weight excluding hydrogens is 236 g/mol. The largest absolute Gasteiger partial charge is 0.479 e. The van der Waals surface area contributed by atoms with Gasteiger partial charge in [-0.25, -0.2) is 9.59 Å². The van der Waals surface area contributed by atoms with Gasteiger partial charge < -0.3 is 20.5 Å². The van der Waals surface area contributed by atoms with Gasteiger partial charge in [0.05, 0.1) is 16.9 Å². The van der Waals surface area contributed by atoms with E-state index in [1.165, 1.54) is 13.0 Å². The van der Waals surface area contributed by atoms with Crippen LogP contribution in [0.4, 0.5) is 11.4 Å². The van der Waals surface area contributed by atoms with Crippen molar-refractivity contribution in [3.63, 3.8) is 0 Å². The van der Waals surface area contributed by atoms with Crippen molar-refractivity contribution in [1.29, 1.82) is 0 Å². The lowest BCUT2D eigenvalue weighted by Crippen LogP contribution is -2.23.